The molecule has 1 aliphatic heterocycles. The fourth-order valence-corrected chi connectivity index (χ4v) is 3.65. The molecule has 100 valence electrons. The van der Waals surface area contributed by atoms with Crippen LogP contribution in [0.1, 0.15) is 51.9 Å². The first kappa shape index (κ1) is 13.3. The number of hydrogen-bond acceptors (Lipinski definition) is 3. The van der Waals surface area contributed by atoms with E-state index in [-0.39, 0.29) is 5.41 Å². The highest BCUT2D eigenvalue weighted by molar-refractivity contribution is 5.01. The van der Waals surface area contributed by atoms with Crippen molar-refractivity contribution in [3.8, 4) is 0 Å². The summed E-state index contributed by atoms with van der Waals surface area (Å²) in [4.78, 5) is 0. The second-order valence-electron chi connectivity index (χ2n) is 6.16. The van der Waals surface area contributed by atoms with E-state index in [9.17, 15) is 5.11 Å². The standard InChI is InChI=1S/C14H27NO2/c1-12-3-2-5-14(16,6-4-12)13(11-15)7-9-17-10-8-13/h12,16H,2-11,15H2,1H3. The molecule has 2 unspecified atom stereocenters. The van der Waals surface area contributed by atoms with Crippen LogP contribution in [0.15, 0.2) is 0 Å². The minimum Gasteiger partial charge on any atom is -0.389 e. The molecule has 0 spiro atoms. The van der Waals surface area contributed by atoms with Crippen molar-refractivity contribution < 1.29 is 9.84 Å². The van der Waals surface area contributed by atoms with Gasteiger partial charge in [-0.05, 0) is 38.0 Å². The van der Waals surface area contributed by atoms with Gasteiger partial charge in [0.05, 0.1) is 5.60 Å². The van der Waals surface area contributed by atoms with E-state index < -0.39 is 5.60 Å². The third-order valence-electron chi connectivity index (χ3n) is 5.17. The highest BCUT2D eigenvalue weighted by atomic mass is 16.5. The molecular formula is C14H27NO2. The lowest BCUT2D eigenvalue weighted by atomic mass is 9.63. The van der Waals surface area contributed by atoms with Gasteiger partial charge in [-0.3, -0.25) is 0 Å². The van der Waals surface area contributed by atoms with Gasteiger partial charge < -0.3 is 15.6 Å². The second-order valence-corrected chi connectivity index (χ2v) is 6.16. The van der Waals surface area contributed by atoms with E-state index >= 15 is 0 Å². The van der Waals surface area contributed by atoms with Gasteiger partial charge in [0.15, 0.2) is 0 Å². The van der Waals surface area contributed by atoms with Gasteiger partial charge >= 0.3 is 0 Å². The highest BCUT2D eigenvalue weighted by Crippen LogP contribution is 2.47. The first-order valence-corrected chi connectivity index (χ1v) is 7.12. The van der Waals surface area contributed by atoms with Crippen molar-refractivity contribution in [2.75, 3.05) is 19.8 Å². The normalized spacial score (nSPS) is 38.6. The van der Waals surface area contributed by atoms with Crippen molar-refractivity contribution in [3.63, 3.8) is 0 Å². The zero-order valence-electron chi connectivity index (χ0n) is 11.1. The van der Waals surface area contributed by atoms with Gasteiger partial charge in [0.25, 0.3) is 0 Å². The first-order chi connectivity index (χ1) is 8.12. The molecule has 17 heavy (non-hydrogen) atoms. The fraction of sp³-hybridized carbons (Fsp3) is 1.00. The summed E-state index contributed by atoms with van der Waals surface area (Å²) in [6, 6.07) is 0. The second kappa shape index (κ2) is 5.25. The van der Waals surface area contributed by atoms with Gasteiger partial charge in [-0.25, -0.2) is 0 Å². The maximum Gasteiger partial charge on any atom is 0.0717 e. The Kier molecular flexibility index (Phi) is 4.11. The van der Waals surface area contributed by atoms with Gasteiger partial charge in [-0.2, -0.15) is 0 Å². The quantitative estimate of drug-likeness (QED) is 0.728. The summed E-state index contributed by atoms with van der Waals surface area (Å²) < 4.78 is 5.45. The fourth-order valence-electron chi connectivity index (χ4n) is 3.65. The molecule has 3 N–H and O–H groups in total. The molecular weight excluding hydrogens is 214 g/mol. The summed E-state index contributed by atoms with van der Waals surface area (Å²) in [5.41, 5.74) is 5.39. The van der Waals surface area contributed by atoms with E-state index in [2.05, 4.69) is 6.92 Å². The smallest absolute Gasteiger partial charge is 0.0717 e. The van der Waals surface area contributed by atoms with E-state index in [0.29, 0.717) is 6.54 Å². The molecule has 2 aliphatic rings. The van der Waals surface area contributed by atoms with E-state index in [0.717, 1.165) is 57.7 Å². The average Bonchev–Trinajstić information content (AvgIpc) is 2.53. The molecule has 3 nitrogen and oxygen atoms in total. The van der Waals surface area contributed by atoms with Crippen molar-refractivity contribution in [3.05, 3.63) is 0 Å². The first-order valence-electron chi connectivity index (χ1n) is 7.12. The summed E-state index contributed by atoms with van der Waals surface area (Å²) in [5, 5.41) is 11.1. The van der Waals surface area contributed by atoms with Crippen LogP contribution in [0, 0.1) is 11.3 Å². The van der Waals surface area contributed by atoms with E-state index in [4.69, 9.17) is 10.5 Å². The van der Waals surface area contributed by atoms with Crippen LogP contribution in [0.2, 0.25) is 0 Å². The van der Waals surface area contributed by atoms with E-state index in [1.54, 1.807) is 0 Å². The van der Waals surface area contributed by atoms with Crippen LogP contribution in [0.25, 0.3) is 0 Å². The zero-order valence-corrected chi connectivity index (χ0v) is 11.1. The molecule has 0 aromatic carbocycles. The Morgan fingerprint density at radius 3 is 2.53 bits per heavy atom. The maximum atomic E-state index is 11.1. The van der Waals surface area contributed by atoms with Crippen LogP contribution >= 0.6 is 0 Å². The van der Waals surface area contributed by atoms with Crippen molar-refractivity contribution in [1.29, 1.82) is 0 Å². The Bertz CT molecular complexity index is 251. The van der Waals surface area contributed by atoms with Gasteiger partial charge in [-0.1, -0.05) is 19.8 Å². The number of hydrogen-bond donors (Lipinski definition) is 2. The van der Waals surface area contributed by atoms with Crippen LogP contribution in [0.5, 0.6) is 0 Å². The number of ether oxygens (including phenoxy) is 1. The van der Waals surface area contributed by atoms with Crippen LogP contribution in [0.3, 0.4) is 0 Å². The lowest BCUT2D eigenvalue weighted by Crippen LogP contribution is -2.55. The molecule has 0 amide bonds. The molecule has 0 aromatic heterocycles. The Hall–Kier alpha value is -0.120. The Morgan fingerprint density at radius 1 is 1.18 bits per heavy atom. The summed E-state index contributed by atoms with van der Waals surface area (Å²) in [6.45, 7) is 4.41. The van der Waals surface area contributed by atoms with E-state index in [1.165, 1.54) is 6.42 Å². The van der Waals surface area contributed by atoms with Crippen LogP contribution in [-0.2, 0) is 4.74 Å². The molecule has 2 atom stereocenters. The number of rotatable bonds is 2. The SMILES string of the molecule is CC1CCCC(O)(C2(CN)CCOCC2)CC1. The summed E-state index contributed by atoms with van der Waals surface area (Å²) >= 11 is 0. The van der Waals surface area contributed by atoms with E-state index in [1.807, 2.05) is 0 Å². The molecule has 2 fully saturated rings. The summed E-state index contributed by atoms with van der Waals surface area (Å²) in [6.07, 6.45) is 7.22. The molecule has 2 rings (SSSR count). The monoisotopic (exact) mass is 241 g/mol. The van der Waals surface area contributed by atoms with Crippen LogP contribution in [0.4, 0.5) is 0 Å². The van der Waals surface area contributed by atoms with Crippen LogP contribution in [-0.4, -0.2) is 30.5 Å². The predicted octanol–water partition coefficient (Wildman–Crippen LogP) is 2.07. The lowest BCUT2D eigenvalue weighted by molar-refractivity contribution is -0.136. The van der Waals surface area contributed by atoms with Gasteiger partial charge in [0, 0.05) is 25.2 Å². The molecule has 0 radical (unpaired) electrons. The van der Waals surface area contributed by atoms with Crippen molar-refractivity contribution in [2.45, 2.75) is 57.5 Å². The summed E-state index contributed by atoms with van der Waals surface area (Å²) in [5.74, 6) is 0.749. The van der Waals surface area contributed by atoms with Gasteiger partial charge in [-0.15, -0.1) is 0 Å². The molecule has 0 bridgehead atoms. The largest absolute Gasteiger partial charge is 0.389 e. The zero-order chi connectivity index (χ0) is 12.4. The summed E-state index contributed by atoms with van der Waals surface area (Å²) in [7, 11) is 0. The third-order valence-corrected chi connectivity index (χ3v) is 5.17. The third kappa shape index (κ3) is 2.51. The predicted molar refractivity (Wildman–Crippen MR) is 68.7 cm³/mol. The average molecular weight is 241 g/mol. The molecule has 1 aliphatic carbocycles. The number of nitrogens with two attached hydrogens (primary N) is 1. The molecule has 1 saturated heterocycles. The van der Waals surface area contributed by atoms with Crippen molar-refractivity contribution in [2.24, 2.45) is 17.1 Å². The molecule has 1 saturated carbocycles. The van der Waals surface area contributed by atoms with Gasteiger partial charge in [0.2, 0.25) is 0 Å². The minimum atomic E-state index is -0.545. The Labute approximate surface area is 105 Å². The van der Waals surface area contributed by atoms with Crippen LogP contribution < -0.4 is 5.73 Å². The maximum absolute atomic E-state index is 11.1. The lowest BCUT2D eigenvalue weighted by Gasteiger charge is -2.49. The Morgan fingerprint density at radius 2 is 1.88 bits per heavy atom. The minimum absolute atomic E-state index is 0.0880. The molecule has 3 heteroatoms. The molecule has 1 heterocycles. The number of aliphatic hydroxyl groups is 1. The van der Waals surface area contributed by atoms with Crippen molar-refractivity contribution >= 4 is 0 Å². The van der Waals surface area contributed by atoms with Crippen molar-refractivity contribution in [1.82, 2.24) is 0 Å². The Balaban J connectivity index is 2.15. The van der Waals surface area contributed by atoms with Gasteiger partial charge in [0.1, 0.15) is 0 Å². The molecule has 0 aromatic rings. The highest BCUT2D eigenvalue weighted by Gasteiger charge is 2.49. The topological polar surface area (TPSA) is 55.5 Å².